The van der Waals surface area contributed by atoms with Crippen molar-refractivity contribution in [2.75, 3.05) is 11.9 Å². The lowest BCUT2D eigenvalue weighted by molar-refractivity contribution is -0.122. The Labute approximate surface area is 200 Å². The highest BCUT2D eigenvalue weighted by Crippen LogP contribution is 2.27. The van der Waals surface area contributed by atoms with Gasteiger partial charge in [-0.1, -0.05) is 29.8 Å². The lowest BCUT2D eigenvalue weighted by atomic mass is 10.0. The summed E-state index contributed by atoms with van der Waals surface area (Å²) in [5.74, 6) is -0.527. The van der Waals surface area contributed by atoms with E-state index in [4.69, 9.17) is 23.1 Å². The largest absolute Gasteiger partial charge is 0.351 e. The summed E-state index contributed by atoms with van der Waals surface area (Å²) < 4.78 is 14.8. The molecule has 0 bridgehead atoms. The molecule has 34 heavy (non-hydrogen) atoms. The number of nitrogens with one attached hydrogen (secondary N) is 1. The smallest absolute Gasteiger partial charge is 0.323 e. The van der Waals surface area contributed by atoms with Gasteiger partial charge in [-0.15, -0.1) is 0 Å². The van der Waals surface area contributed by atoms with Crippen LogP contribution in [0, 0.1) is 5.82 Å². The Balaban J connectivity index is 1.44. The van der Waals surface area contributed by atoms with Gasteiger partial charge in [0.05, 0.1) is 17.2 Å². The number of anilines is 1. The summed E-state index contributed by atoms with van der Waals surface area (Å²) in [5, 5.41) is 3.75. The van der Waals surface area contributed by atoms with Crippen LogP contribution in [0.4, 0.5) is 19.7 Å². The van der Waals surface area contributed by atoms with Crippen LogP contribution >= 0.6 is 11.6 Å². The Morgan fingerprint density at radius 2 is 1.94 bits per heavy atom. The maximum atomic E-state index is 13.5. The highest BCUT2D eigenvalue weighted by molar-refractivity contribution is 6.30. The molecule has 1 aromatic heterocycles. The van der Waals surface area contributed by atoms with E-state index >= 15 is 0 Å². The van der Waals surface area contributed by atoms with Crippen molar-refractivity contribution in [2.45, 2.75) is 37.8 Å². The molecular weight excluding hydrogens is 461 g/mol. The van der Waals surface area contributed by atoms with Crippen LogP contribution in [0.15, 0.2) is 48.7 Å². The number of amides is 3. The first-order valence-corrected chi connectivity index (χ1v) is 11.3. The number of carbonyl (C=O) groups excluding carboxylic acids is 3. The number of urea groups is 1. The van der Waals surface area contributed by atoms with Gasteiger partial charge in [-0.2, -0.15) is 0 Å². The van der Waals surface area contributed by atoms with Gasteiger partial charge in [-0.05, 0) is 49.1 Å². The van der Waals surface area contributed by atoms with Crippen molar-refractivity contribution in [2.24, 2.45) is 11.5 Å². The fraction of sp³-hybridized carbons (Fsp3) is 0.292. The van der Waals surface area contributed by atoms with Crippen molar-refractivity contribution in [3.63, 3.8) is 0 Å². The maximum Gasteiger partial charge on any atom is 0.323 e. The van der Waals surface area contributed by atoms with Crippen molar-refractivity contribution in [3.05, 3.63) is 65.1 Å². The molecule has 0 radical (unpaired) electrons. The van der Waals surface area contributed by atoms with Gasteiger partial charge in [-0.25, -0.2) is 14.0 Å². The monoisotopic (exact) mass is 485 g/mol. The van der Waals surface area contributed by atoms with Crippen molar-refractivity contribution in [1.82, 2.24) is 9.47 Å². The number of nitrogens with two attached hydrogens (primary N) is 2. The molecule has 1 saturated heterocycles. The zero-order valence-corrected chi connectivity index (χ0v) is 19.1. The molecule has 0 spiro atoms. The predicted octanol–water partition coefficient (Wildman–Crippen LogP) is 3.89. The topological polar surface area (TPSA) is 123 Å². The average molecular weight is 486 g/mol. The molecule has 8 nitrogen and oxygen atoms in total. The van der Waals surface area contributed by atoms with Crippen LogP contribution in [0.5, 0.6) is 0 Å². The molecule has 178 valence electrons. The molecule has 2 heterocycles. The van der Waals surface area contributed by atoms with Gasteiger partial charge in [0, 0.05) is 35.6 Å². The predicted molar refractivity (Wildman–Crippen MR) is 128 cm³/mol. The van der Waals surface area contributed by atoms with E-state index in [9.17, 15) is 18.8 Å². The van der Waals surface area contributed by atoms with Gasteiger partial charge in [0.2, 0.25) is 0 Å². The maximum absolute atomic E-state index is 13.5. The Morgan fingerprint density at radius 1 is 1.18 bits per heavy atom. The molecule has 1 aliphatic rings. The third kappa shape index (κ3) is 5.05. The highest BCUT2D eigenvalue weighted by Gasteiger charge is 2.37. The fourth-order valence-corrected chi connectivity index (χ4v) is 4.68. The van der Waals surface area contributed by atoms with Crippen LogP contribution in [0.2, 0.25) is 5.02 Å². The number of primary amides is 1. The van der Waals surface area contributed by atoms with E-state index in [-0.39, 0.29) is 24.8 Å². The van der Waals surface area contributed by atoms with Gasteiger partial charge < -0.3 is 21.7 Å². The van der Waals surface area contributed by atoms with Crippen molar-refractivity contribution < 1.29 is 18.8 Å². The van der Waals surface area contributed by atoms with Crippen LogP contribution in [0.25, 0.3) is 10.9 Å². The average Bonchev–Trinajstić information content (AvgIpc) is 3.34. The summed E-state index contributed by atoms with van der Waals surface area (Å²) >= 11 is 5.89. The van der Waals surface area contributed by atoms with E-state index in [0.717, 1.165) is 0 Å². The number of ketones is 1. The number of rotatable bonds is 6. The van der Waals surface area contributed by atoms with E-state index in [2.05, 4.69) is 5.32 Å². The van der Waals surface area contributed by atoms with Gasteiger partial charge in [0.15, 0.2) is 5.78 Å². The zero-order chi connectivity index (χ0) is 24.4. The first-order valence-electron chi connectivity index (χ1n) is 10.9. The summed E-state index contributed by atoms with van der Waals surface area (Å²) in [6, 6.07) is 9.20. The number of para-hydroxylation sites is 1. The normalized spacial score (nSPS) is 17.8. The standard InChI is InChI=1S/C24H25ClFN5O3/c25-15-8-14(9-16(26)10-15)4-3-7-22(32)21-11-17(27)12-31(21)24(34)29-19-13-30(23(28)33)20-6-2-1-5-18(19)20/h1-2,5-6,8-10,13,17,21H,3-4,7,11-12,27H2,(H2,28,33)(H,29,34)/t17-,21-/m0/s1. The van der Waals surface area contributed by atoms with Crippen LogP contribution in [-0.4, -0.2) is 45.9 Å². The van der Waals surface area contributed by atoms with E-state index in [1.807, 2.05) is 0 Å². The number of aromatic nitrogens is 1. The Bertz CT molecular complexity index is 1240. The highest BCUT2D eigenvalue weighted by atomic mass is 35.5. The first kappa shape index (κ1) is 23.7. The molecular formula is C24H25ClFN5O3. The number of fused-ring (bicyclic) bond motifs is 1. The lowest BCUT2D eigenvalue weighted by Gasteiger charge is -2.23. The minimum Gasteiger partial charge on any atom is -0.351 e. The summed E-state index contributed by atoms with van der Waals surface area (Å²) in [5.41, 5.74) is 13.2. The number of nitrogens with zero attached hydrogens (tertiary/aromatic N) is 2. The number of hydrogen-bond donors (Lipinski definition) is 3. The Hall–Kier alpha value is -3.43. The number of likely N-dealkylation sites (tertiary alicyclic amines) is 1. The van der Waals surface area contributed by atoms with Crippen molar-refractivity contribution in [3.8, 4) is 0 Å². The van der Waals surface area contributed by atoms with E-state index < -0.39 is 23.9 Å². The SMILES string of the molecule is NC(=O)n1cc(NC(=O)N2C[C@@H](N)C[C@H]2C(=O)CCCc2cc(F)cc(Cl)c2)c2ccccc21. The summed E-state index contributed by atoms with van der Waals surface area (Å²) in [6.45, 7) is 0.232. The minimum atomic E-state index is -0.674. The second kappa shape index (κ2) is 9.82. The number of halogens is 2. The molecule has 3 aromatic rings. The third-order valence-electron chi connectivity index (χ3n) is 5.97. The number of Topliss-reactive ketones (excluding diaryl/α,β-unsaturated/α-hetero) is 1. The van der Waals surface area contributed by atoms with Gasteiger partial charge in [-0.3, -0.25) is 9.36 Å². The van der Waals surface area contributed by atoms with Gasteiger partial charge in [0.25, 0.3) is 0 Å². The number of aryl methyl sites for hydroxylation is 1. The molecule has 10 heteroatoms. The molecule has 0 saturated carbocycles. The Morgan fingerprint density at radius 3 is 2.68 bits per heavy atom. The van der Waals surface area contributed by atoms with Crippen LogP contribution < -0.4 is 16.8 Å². The fourth-order valence-electron chi connectivity index (χ4n) is 4.44. The number of benzene rings is 2. The van der Waals surface area contributed by atoms with Crippen molar-refractivity contribution >= 4 is 46.0 Å². The molecule has 1 aliphatic heterocycles. The Kier molecular flexibility index (Phi) is 6.85. The molecule has 0 unspecified atom stereocenters. The molecule has 2 atom stereocenters. The lowest BCUT2D eigenvalue weighted by Crippen LogP contribution is -2.43. The van der Waals surface area contributed by atoms with Gasteiger partial charge >= 0.3 is 12.1 Å². The zero-order valence-electron chi connectivity index (χ0n) is 18.3. The quantitative estimate of drug-likeness (QED) is 0.490. The van der Waals surface area contributed by atoms with Crippen molar-refractivity contribution in [1.29, 1.82) is 0 Å². The third-order valence-corrected chi connectivity index (χ3v) is 6.19. The summed E-state index contributed by atoms with van der Waals surface area (Å²) in [6.07, 6.45) is 3.02. The second-order valence-electron chi connectivity index (χ2n) is 8.46. The van der Waals surface area contributed by atoms with E-state index in [1.165, 1.54) is 27.8 Å². The molecule has 1 fully saturated rings. The molecule has 0 aliphatic carbocycles. The second-order valence-corrected chi connectivity index (χ2v) is 8.90. The molecule has 5 N–H and O–H groups in total. The van der Waals surface area contributed by atoms with Crippen LogP contribution in [0.3, 0.4) is 0 Å². The molecule has 3 amide bonds. The first-order chi connectivity index (χ1) is 16.2. The summed E-state index contributed by atoms with van der Waals surface area (Å²) in [7, 11) is 0. The summed E-state index contributed by atoms with van der Waals surface area (Å²) in [4.78, 5) is 39.2. The number of hydrogen-bond acceptors (Lipinski definition) is 4. The molecule has 4 rings (SSSR count). The van der Waals surface area contributed by atoms with Crippen LogP contribution in [-0.2, 0) is 11.2 Å². The minimum absolute atomic E-state index is 0.106. The van der Waals surface area contributed by atoms with E-state index in [0.29, 0.717) is 46.4 Å². The number of carbonyl (C=O) groups is 3. The van der Waals surface area contributed by atoms with Gasteiger partial charge in [0.1, 0.15) is 5.82 Å². The molecule has 2 aromatic carbocycles. The van der Waals surface area contributed by atoms with Crippen LogP contribution in [0.1, 0.15) is 24.8 Å². The van der Waals surface area contributed by atoms with E-state index in [1.54, 1.807) is 30.3 Å².